The molecule has 0 bridgehead atoms. The molecule has 1 aromatic rings. The molecule has 0 amide bonds. The molecule has 0 aliphatic rings. The first-order chi connectivity index (χ1) is 6.42. The Kier molecular flexibility index (Phi) is 2.89. The van der Waals surface area contributed by atoms with Crippen LogP contribution in [0.1, 0.15) is 0 Å². The van der Waals surface area contributed by atoms with E-state index >= 15 is 0 Å². The SMILES string of the molecule is Nc1nc(SCC(F)(F)C(=O)O)n[nH]1. The van der Waals surface area contributed by atoms with Gasteiger partial charge in [0.2, 0.25) is 11.1 Å². The number of carboxylic acids is 1. The minimum atomic E-state index is -3.79. The first-order valence-corrected chi connectivity index (χ1v) is 4.32. The fraction of sp³-hybridized carbons (Fsp3) is 0.400. The molecule has 14 heavy (non-hydrogen) atoms. The lowest BCUT2D eigenvalue weighted by Crippen LogP contribution is -2.30. The lowest BCUT2D eigenvalue weighted by Gasteiger charge is -2.07. The van der Waals surface area contributed by atoms with Gasteiger partial charge in [-0.2, -0.15) is 13.8 Å². The second-order valence-electron chi connectivity index (χ2n) is 2.30. The first kappa shape index (κ1) is 10.7. The van der Waals surface area contributed by atoms with Crippen LogP contribution in [0.3, 0.4) is 0 Å². The number of nitrogens with zero attached hydrogens (tertiary/aromatic N) is 2. The smallest absolute Gasteiger partial charge is 0.375 e. The number of halogens is 2. The van der Waals surface area contributed by atoms with Crippen molar-refractivity contribution in [1.29, 1.82) is 0 Å². The third-order valence-corrected chi connectivity index (χ3v) is 2.13. The Bertz CT molecular complexity index is 342. The molecule has 0 aromatic carbocycles. The van der Waals surface area contributed by atoms with Crippen LogP contribution in [-0.4, -0.2) is 37.9 Å². The van der Waals surface area contributed by atoms with Gasteiger partial charge in [-0.15, -0.1) is 5.10 Å². The molecule has 78 valence electrons. The fourth-order valence-electron chi connectivity index (χ4n) is 0.540. The number of hydrogen-bond donors (Lipinski definition) is 3. The summed E-state index contributed by atoms with van der Waals surface area (Å²) in [5.74, 6) is -6.90. The summed E-state index contributed by atoms with van der Waals surface area (Å²) in [6, 6.07) is 0. The van der Waals surface area contributed by atoms with E-state index in [2.05, 4.69) is 15.2 Å². The van der Waals surface area contributed by atoms with Crippen molar-refractivity contribution in [2.75, 3.05) is 11.5 Å². The van der Waals surface area contributed by atoms with Crippen molar-refractivity contribution < 1.29 is 18.7 Å². The third-order valence-electron chi connectivity index (χ3n) is 1.18. The molecule has 0 fully saturated rings. The van der Waals surface area contributed by atoms with Gasteiger partial charge in [-0.1, -0.05) is 11.8 Å². The van der Waals surface area contributed by atoms with Gasteiger partial charge in [0.1, 0.15) is 0 Å². The van der Waals surface area contributed by atoms with Gasteiger partial charge < -0.3 is 10.8 Å². The van der Waals surface area contributed by atoms with Crippen molar-refractivity contribution in [2.24, 2.45) is 0 Å². The van der Waals surface area contributed by atoms with Crippen LogP contribution in [0.15, 0.2) is 5.16 Å². The molecule has 1 rings (SSSR count). The number of nitrogens with one attached hydrogen (secondary N) is 1. The topological polar surface area (TPSA) is 105 Å². The Labute approximate surface area is 80.9 Å². The summed E-state index contributed by atoms with van der Waals surface area (Å²) in [7, 11) is 0. The maximum atomic E-state index is 12.5. The van der Waals surface area contributed by atoms with E-state index in [-0.39, 0.29) is 11.1 Å². The molecule has 0 aliphatic carbocycles. The van der Waals surface area contributed by atoms with E-state index in [9.17, 15) is 13.6 Å². The summed E-state index contributed by atoms with van der Waals surface area (Å²) in [6.07, 6.45) is 0. The number of carboxylic acid groups (broad SMARTS) is 1. The summed E-state index contributed by atoms with van der Waals surface area (Å²) in [5.41, 5.74) is 5.13. The van der Waals surface area contributed by atoms with Gasteiger partial charge in [0.25, 0.3) is 0 Å². The lowest BCUT2D eigenvalue weighted by molar-refractivity contribution is -0.161. The van der Waals surface area contributed by atoms with Crippen molar-refractivity contribution in [2.45, 2.75) is 11.1 Å². The Hall–Kier alpha value is -1.38. The van der Waals surface area contributed by atoms with Crippen LogP contribution >= 0.6 is 11.8 Å². The van der Waals surface area contributed by atoms with Crippen LogP contribution in [0.25, 0.3) is 0 Å². The summed E-state index contributed by atoms with van der Waals surface area (Å²) in [6.45, 7) is 0. The van der Waals surface area contributed by atoms with Crippen LogP contribution in [-0.2, 0) is 4.79 Å². The Morgan fingerprint density at radius 3 is 2.79 bits per heavy atom. The number of H-pyrrole nitrogens is 1. The molecular weight excluding hydrogens is 218 g/mol. The monoisotopic (exact) mass is 224 g/mol. The van der Waals surface area contributed by atoms with Gasteiger partial charge in [0, 0.05) is 0 Å². The van der Waals surface area contributed by atoms with Crippen LogP contribution < -0.4 is 5.73 Å². The standard InChI is InChI=1S/C5H6F2N4O2S/c6-5(7,2(12)13)1-14-4-9-3(8)10-11-4/h1H2,(H,12,13)(H3,8,9,10,11). The number of anilines is 1. The molecule has 0 aliphatic heterocycles. The molecule has 0 unspecified atom stereocenters. The molecule has 0 saturated carbocycles. The zero-order valence-corrected chi connectivity index (χ0v) is 7.52. The van der Waals surface area contributed by atoms with E-state index in [1.54, 1.807) is 0 Å². The average molecular weight is 224 g/mol. The van der Waals surface area contributed by atoms with Crippen LogP contribution in [0.4, 0.5) is 14.7 Å². The quantitative estimate of drug-likeness (QED) is 0.631. The average Bonchev–Trinajstić information content (AvgIpc) is 2.48. The maximum absolute atomic E-state index is 12.5. The van der Waals surface area contributed by atoms with E-state index in [1.807, 2.05) is 0 Å². The van der Waals surface area contributed by atoms with Crippen LogP contribution in [0.2, 0.25) is 0 Å². The highest BCUT2D eigenvalue weighted by molar-refractivity contribution is 7.99. The molecule has 0 radical (unpaired) electrons. The predicted molar refractivity (Wildman–Crippen MR) is 44.1 cm³/mol. The minimum absolute atomic E-state index is 0.00820. The molecular formula is C5H6F2N4O2S. The highest BCUT2D eigenvalue weighted by Gasteiger charge is 2.39. The maximum Gasteiger partial charge on any atom is 0.375 e. The zero-order chi connectivity index (χ0) is 10.8. The van der Waals surface area contributed by atoms with Gasteiger partial charge in [-0.3, -0.25) is 0 Å². The number of hydrogen-bond acceptors (Lipinski definition) is 5. The minimum Gasteiger partial charge on any atom is -0.477 e. The largest absolute Gasteiger partial charge is 0.477 e. The number of aromatic nitrogens is 3. The predicted octanol–water partition coefficient (Wildman–Crippen LogP) is 0.199. The highest BCUT2D eigenvalue weighted by Crippen LogP contribution is 2.24. The van der Waals surface area contributed by atoms with Crippen molar-refractivity contribution in [1.82, 2.24) is 15.2 Å². The Morgan fingerprint density at radius 1 is 1.71 bits per heavy atom. The third kappa shape index (κ3) is 2.55. The molecule has 9 heteroatoms. The number of nitrogens with two attached hydrogens (primary N) is 1. The summed E-state index contributed by atoms with van der Waals surface area (Å²) in [5, 5.41) is 13.8. The van der Waals surface area contributed by atoms with Gasteiger partial charge in [-0.25, -0.2) is 9.89 Å². The van der Waals surface area contributed by atoms with Crippen molar-refractivity contribution in [3.8, 4) is 0 Å². The van der Waals surface area contributed by atoms with E-state index < -0.39 is 17.6 Å². The first-order valence-electron chi connectivity index (χ1n) is 3.34. The number of aromatic amines is 1. The second kappa shape index (κ2) is 3.78. The van der Waals surface area contributed by atoms with E-state index in [0.717, 1.165) is 0 Å². The highest BCUT2D eigenvalue weighted by atomic mass is 32.2. The molecule has 4 N–H and O–H groups in total. The number of aliphatic carboxylic acids is 1. The van der Waals surface area contributed by atoms with E-state index in [1.165, 1.54) is 0 Å². The van der Waals surface area contributed by atoms with Crippen molar-refractivity contribution in [3.63, 3.8) is 0 Å². The molecule has 1 aromatic heterocycles. The van der Waals surface area contributed by atoms with Crippen molar-refractivity contribution in [3.05, 3.63) is 0 Å². The van der Waals surface area contributed by atoms with Crippen LogP contribution in [0, 0.1) is 0 Å². The molecule has 6 nitrogen and oxygen atoms in total. The summed E-state index contributed by atoms with van der Waals surface area (Å²) in [4.78, 5) is 13.5. The zero-order valence-electron chi connectivity index (χ0n) is 6.70. The molecule has 0 atom stereocenters. The normalized spacial score (nSPS) is 11.6. The second-order valence-corrected chi connectivity index (χ2v) is 3.24. The Morgan fingerprint density at radius 2 is 2.36 bits per heavy atom. The summed E-state index contributed by atoms with van der Waals surface area (Å²) >= 11 is 0.512. The van der Waals surface area contributed by atoms with Gasteiger partial charge in [0.05, 0.1) is 5.75 Å². The molecule has 1 heterocycles. The molecule has 0 saturated heterocycles. The number of rotatable bonds is 4. The van der Waals surface area contributed by atoms with Gasteiger partial charge in [0.15, 0.2) is 0 Å². The van der Waals surface area contributed by atoms with E-state index in [4.69, 9.17) is 10.8 Å². The number of nitrogen functional groups attached to an aromatic ring is 1. The number of alkyl halides is 2. The number of thioether (sulfide) groups is 1. The molecule has 0 spiro atoms. The van der Waals surface area contributed by atoms with Gasteiger partial charge in [-0.05, 0) is 0 Å². The lowest BCUT2D eigenvalue weighted by atomic mass is 10.4. The number of carbonyl (C=O) groups is 1. The summed E-state index contributed by atoms with van der Waals surface area (Å²) < 4.78 is 25.0. The van der Waals surface area contributed by atoms with E-state index in [0.29, 0.717) is 11.8 Å². The van der Waals surface area contributed by atoms with Crippen molar-refractivity contribution >= 4 is 23.7 Å². The fourth-order valence-corrected chi connectivity index (χ4v) is 1.25. The Balaban J connectivity index is 2.52. The van der Waals surface area contributed by atoms with Crippen LogP contribution in [0.5, 0.6) is 0 Å². The van der Waals surface area contributed by atoms with Gasteiger partial charge >= 0.3 is 11.9 Å².